The molecule has 1 aliphatic rings. The molecule has 0 aliphatic carbocycles. The van der Waals surface area contributed by atoms with Gasteiger partial charge in [-0.1, -0.05) is 51.8 Å². The average molecular weight is 524 g/mol. The maximum atomic E-state index is 6.36. The van der Waals surface area contributed by atoms with Crippen molar-refractivity contribution in [3.8, 4) is 5.75 Å². The Kier molecular flexibility index (Phi) is 7.78. The van der Waals surface area contributed by atoms with Gasteiger partial charge in [-0.3, -0.25) is 0 Å². The number of anilines is 2. The molecule has 1 aromatic carbocycles. The summed E-state index contributed by atoms with van der Waals surface area (Å²) in [5.41, 5.74) is 4.94. The molecule has 0 spiro atoms. The van der Waals surface area contributed by atoms with Gasteiger partial charge in [0.2, 0.25) is 5.95 Å². The highest BCUT2D eigenvalue weighted by Gasteiger charge is 2.23. The van der Waals surface area contributed by atoms with Gasteiger partial charge in [-0.2, -0.15) is 9.97 Å². The first kappa shape index (κ1) is 26.9. The molecule has 0 radical (unpaired) electrons. The molecule has 4 rings (SSSR count). The van der Waals surface area contributed by atoms with E-state index in [1.165, 1.54) is 5.57 Å². The van der Waals surface area contributed by atoms with Crippen LogP contribution >= 0.6 is 11.6 Å². The zero-order chi connectivity index (χ0) is 26.9. The Labute approximate surface area is 225 Å². The standard InChI is InChI=1S/C28H38ClN7O/c1-18(2)22(15-19(3)28(4,5)6)31-26-24-25(30-17-34(24)7)32-27(33-26)36-13-11-35(12-14-36)20-9-10-23(37-8)21(29)16-20/h9-10,15-18H,11-14H2,1-8H3/b19-15+,31-22?. The molecule has 3 heterocycles. The molecular weight excluding hydrogens is 486 g/mol. The predicted octanol–water partition coefficient (Wildman–Crippen LogP) is 6.07. The van der Waals surface area contributed by atoms with Gasteiger partial charge in [0.05, 0.1) is 18.5 Å². The number of rotatable bonds is 6. The van der Waals surface area contributed by atoms with E-state index in [2.05, 4.69) is 62.4 Å². The number of benzene rings is 1. The molecule has 0 unspecified atom stereocenters. The van der Waals surface area contributed by atoms with Crippen molar-refractivity contribution >= 4 is 45.9 Å². The minimum atomic E-state index is 0.0716. The van der Waals surface area contributed by atoms with Crippen molar-refractivity contribution in [2.45, 2.75) is 41.5 Å². The first-order valence-corrected chi connectivity index (χ1v) is 13.2. The summed E-state index contributed by atoms with van der Waals surface area (Å²) in [5, 5.41) is 0.616. The second-order valence-electron chi connectivity index (χ2n) is 10.9. The molecule has 198 valence electrons. The number of aromatic nitrogens is 4. The van der Waals surface area contributed by atoms with E-state index in [0.29, 0.717) is 28.2 Å². The van der Waals surface area contributed by atoms with Crippen LogP contribution in [0.4, 0.5) is 17.5 Å². The zero-order valence-electron chi connectivity index (χ0n) is 23.2. The molecule has 0 atom stereocenters. The van der Waals surface area contributed by atoms with Crippen LogP contribution in [-0.2, 0) is 7.05 Å². The van der Waals surface area contributed by atoms with Crippen molar-refractivity contribution in [3.05, 3.63) is 41.2 Å². The number of aryl methyl sites for hydroxylation is 1. The topological polar surface area (TPSA) is 71.7 Å². The van der Waals surface area contributed by atoms with Crippen LogP contribution in [0.15, 0.2) is 41.2 Å². The Hall–Kier alpha value is -3.13. The van der Waals surface area contributed by atoms with Crippen molar-refractivity contribution in [1.29, 1.82) is 0 Å². The highest BCUT2D eigenvalue weighted by molar-refractivity contribution is 6.32. The number of imidazole rings is 1. The fourth-order valence-corrected chi connectivity index (χ4v) is 4.40. The third-order valence-corrected chi connectivity index (χ3v) is 7.27. The normalized spacial score (nSPS) is 15.7. The lowest BCUT2D eigenvalue weighted by Gasteiger charge is -2.36. The van der Waals surface area contributed by atoms with Crippen molar-refractivity contribution in [3.63, 3.8) is 0 Å². The monoisotopic (exact) mass is 523 g/mol. The summed E-state index contributed by atoms with van der Waals surface area (Å²) < 4.78 is 7.24. The van der Waals surface area contributed by atoms with E-state index < -0.39 is 0 Å². The third kappa shape index (κ3) is 5.90. The number of allylic oxidation sites excluding steroid dienone is 2. The molecule has 3 aromatic rings. The number of aliphatic imine (C=N–C) groups is 1. The molecule has 1 aliphatic heterocycles. The summed E-state index contributed by atoms with van der Waals surface area (Å²) in [4.78, 5) is 23.9. The average Bonchev–Trinajstić information content (AvgIpc) is 3.23. The van der Waals surface area contributed by atoms with Crippen LogP contribution in [0.3, 0.4) is 0 Å². The highest BCUT2D eigenvalue weighted by Crippen LogP contribution is 2.31. The third-order valence-electron chi connectivity index (χ3n) is 6.98. The fourth-order valence-electron chi connectivity index (χ4n) is 4.15. The van der Waals surface area contributed by atoms with Gasteiger partial charge in [-0.05, 0) is 42.5 Å². The Morgan fingerprint density at radius 3 is 2.38 bits per heavy atom. The second-order valence-corrected chi connectivity index (χ2v) is 11.3. The fraction of sp³-hybridized carbons (Fsp3) is 0.500. The van der Waals surface area contributed by atoms with E-state index in [1.807, 2.05) is 29.8 Å². The number of methoxy groups -OCH3 is 1. The smallest absolute Gasteiger partial charge is 0.229 e. The van der Waals surface area contributed by atoms with Gasteiger partial charge in [0, 0.05) is 44.6 Å². The Balaban J connectivity index is 1.64. The molecule has 37 heavy (non-hydrogen) atoms. The lowest BCUT2D eigenvalue weighted by atomic mass is 9.86. The van der Waals surface area contributed by atoms with Crippen LogP contribution in [0.1, 0.15) is 41.5 Å². The van der Waals surface area contributed by atoms with E-state index in [0.717, 1.165) is 43.1 Å². The number of halogens is 1. The Morgan fingerprint density at radius 2 is 1.78 bits per heavy atom. The van der Waals surface area contributed by atoms with Gasteiger partial charge >= 0.3 is 0 Å². The van der Waals surface area contributed by atoms with Gasteiger partial charge in [0.15, 0.2) is 11.5 Å². The van der Waals surface area contributed by atoms with Gasteiger partial charge < -0.3 is 19.1 Å². The van der Waals surface area contributed by atoms with Crippen LogP contribution < -0.4 is 14.5 Å². The van der Waals surface area contributed by atoms with Crippen LogP contribution in [-0.4, -0.2) is 58.5 Å². The summed E-state index contributed by atoms with van der Waals surface area (Å²) in [6.07, 6.45) is 3.98. The molecule has 0 bridgehead atoms. The van der Waals surface area contributed by atoms with E-state index in [4.69, 9.17) is 31.3 Å². The van der Waals surface area contributed by atoms with Crippen LogP contribution in [0, 0.1) is 11.3 Å². The predicted molar refractivity (Wildman–Crippen MR) is 154 cm³/mol. The zero-order valence-corrected chi connectivity index (χ0v) is 24.0. The first-order chi connectivity index (χ1) is 17.5. The number of nitrogens with zero attached hydrogens (tertiary/aromatic N) is 7. The summed E-state index contributed by atoms with van der Waals surface area (Å²) in [7, 11) is 3.59. The number of fused-ring (bicyclic) bond motifs is 1. The van der Waals surface area contributed by atoms with Crippen molar-refractivity contribution in [2.75, 3.05) is 43.1 Å². The van der Waals surface area contributed by atoms with Crippen molar-refractivity contribution in [2.24, 2.45) is 23.4 Å². The molecule has 9 heteroatoms. The van der Waals surface area contributed by atoms with Gasteiger partial charge in [-0.15, -0.1) is 0 Å². The molecule has 0 saturated carbocycles. The van der Waals surface area contributed by atoms with E-state index in [-0.39, 0.29) is 11.3 Å². The Bertz CT molecular complexity index is 1330. The Morgan fingerprint density at radius 1 is 1.11 bits per heavy atom. The lowest BCUT2D eigenvalue weighted by Crippen LogP contribution is -2.47. The minimum Gasteiger partial charge on any atom is -0.495 e. The van der Waals surface area contributed by atoms with E-state index >= 15 is 0 Å². The van der Waals surface area contributed by atoms with Gasteiger partial charge in [0.25, 0.3) is 0 Å². The first-order valence-electron chi connectivity index (χ1n) is 12.8. The molecule has 0 amide bonds. The quantitative estimate of drug-likeness (QED) is 0.365. The van der Waals surface area contributed by atoms with Crippen LogP contribution in [0.5, 0.6) is 5.75 Å². The second kappa shape index (κ2) is 10.7. The van der Waals surface area contributed by atoms with Crippen molar-refractivity contribution < 1.29 is 4.74 Å². The molecule has 2 aromatic heterocycles. The maximum Gasteiger partial charge on any atom is 0.229 e. The SMILES string of the molecule is COc1ccc(N2CCN(c3nc(N=C(/C=C(\C)C(C)(C)C)C(C)C)c4c(ncn4C)n3)CC2)cc1Cl. The lowest BCUT2D eigenvalue weighted by molar-refractivity contribution is 0.415. The maximum absolute atomic E-state index is 6.36. The highest BCUT2D eigenvalue weighted by atomic mass is 35.5. The number of hydrogen-bond acceptors (Lipinski definition) is 7. The van der Waals surface area contributed by atoms with E-state index in [9.17, 15) is 0 Å². The number of hydrogen-bond donors (Lipinski definition) is 0. The number of piperazine rings is 1. The summed E-state index contributed by atoms with van der Waals surface area (Å²) in [5.74, 6) is 2.25. The molecule has 1 saturated heterocycles. The van der Waals surface area contributed by atoms with Crippen LogP contribution in [0.25, 0.3) is 11.2 Å². The summed E-state index contributed by atoms with van der Waals surface area (Å²) >= 11 is 6.36. The van der Waals surface area contributed by atoms with Crippen LogP contribution in [0.2, 0.25) is 5.02 Å². The van der Waals surface area contributed by atoms with Crippen molar-refractivity contribution in [1.82, 2.24) is 19.5 Å². The van der Waals surface area contributed by atoms with Gasteiger partial charge in [0.1, 0.15) is 11.3 Å². The summed E-state index contributed by atoms with van der Waals surface area (Å²) in [6, 6.07) is 5.92. The molecular formula is C28H38ClN7O. The largest absolute Gasteiger partial charge is 0.495 e. The van der Waals surface area contributed by atoms with Gasteiger partial charge in [-0.25, -0.2) is 9.98 Å². The molecule has 8 nitrogen and oxygen atoms in total. The number of ether oxygens (including phenoxy) is 1. The minimum absolute atomic E-state index is 0.0716. The van der Waals surface area contributed by atoms with E-state index in [1.54, 1.807) is 13.4 Å². The summed E-state index contributed by atoms with van der Waals surface area (Å²) in [6.45, 7) is 16.4. The molecule has 1 fully saturated rings. The molecule has 0 N–H and O–H groups in total.